The Hall–Kier alpha value is -0.240. The molecule has 1 unspecified atom stereocenters. The maximum atomic E-state index is 10.2. The summed E-state index contributed by atoms with van der Waals surface area (Å²) in [7, 11) is 0. The van der Waals surface area contributed by atoms with Gasteiger partial charge in [0.15, 0.2) is 0 Å². The Balaban J connectivity index is 1.96. The average molecular weight is 273 g/mol. The molecule has 1 aromatic carbocycles. The van der Waals surface area contributed by atoms with Gasteiger partial charge < -0.3 is 5.11 Å². The van der Waals surface area contributed by atoms with Crippen molar-refractivity contribution in [1.29, 1.82) is 0 Å². The molecule has 1 N–H and O–H groups in total. The molecule has 0 amide bonds. The maximum absolute atomic E-state index is 10.2. The molecule has 1 nitrogen and oxygen atoms in total. The third-order valence-electron chi connectivity index (χ3n) is 3.62. The molecule has 0 saturated heterocycles. The van der Waals surface area contributed by atoms with Gasteiger partial charge in [-0.15, -0.1) is 0 Å². The fourth-order valence-electron chi connectivity index (χ4n) is 2.59. The zero-order valence-electron chi connectivity index (χ0n) is 9.83. The molecule has 0 radical (unpaired) electrons. The molecule has 0 spiro atoms. The summed E-state index contributed by atoms with van der Waals surface area (Å²) in [6, 6.07) is 5.60. The molecule has 2 rings (SSSR count). The van der Waals surface area contributed by atoms with Gasteiger partial charge >= 0.3 is 0 Å². The highest BCUT2D eigenvalue weighted by molar-refractivity contribution is 6.42. The van der Waals surface area contributed by atoms with Gasteiger partial charge in [0, 0.05) is 0 Å². The predicted molar refractivity (Wildman–Crippen MR) is 72.7 cm³/mol. The summed E-state index contributed by atoms with van der Waals surface area (Å²) in [6.45, 7) is 0. The van der Waals surface area contributed by atoms with Crippen LogP contribution in [0.15, 0.2) is 18.2 Å². The van der Waals surface area contributed by atoms with E-state index in [1.165, 1.54) is 19.3 Å². The molecule has 1 aromatic rings. The van der Waals surface area contributed by atoms with Crippen molar-refractivity contribution in [2.75, 3.05) is 0 Å². The number of halogens is 2. The van der Waals surface area contributed by atoms with Gasteiger partial charge in [-0.2, -0.15) is 0 Å². The second kappa shape index (κ2) is 6.08. The van der Waals surface area contributed by atoms with Crippen molar-refractivity contribution in [2.45, 2.75) is 44.6 Å². The Morgan fingerprint density at radius 1 is 1.12 bits per heavy atom. The maximum Gasteiger partial charge on any atom is 0.0608 e. The van der Waals surface area contributed by atoms with E-state index in [0.29, 0.717) is 22.4 Å². The summed E-state index contributed by atoms with van der Waals surface area (Å²) in [5.74, 6) is 0.457. The highest BCUT2D eigenvalue weighted by Crippen LogP contribution is 2.29. The third-order valence-corrected chi connectivity index (χ3v) is 4.36. The van der Waals surface area contributed by atoms with Gasteiger partial charge in [-0.25, -0.2) is 0 Å². The summed E-state index contributed by atoms with van der Waals surface area (Å²) in [4.78, 5) is 0. The number of benzene rings is 1. The molecule has 17 heavy (non-hydrogen) atoms. The summed E-state index contributed by atoms with van der Waals surface area (Å²) in [6.07, 6.45) is 6.57. The van der Waals surface area contributed by atoms with Crippen LogP contribution < -0.4 is 0 Å². The fraction of sp³-hybridized carbons (Fsp3) is 0.571. The van der Waals surface area contributed by atoms with Gasteiger partial charge in [0.25, 0.3) is 0 Å². The largest absolute Gasteiger partial charge is 0.392 e. The minimum absolute atomic E-state index is 0.243. The van der Waals surface area contributed by atoms with Crippen LogP contribution in [0, 0.1) is 5.92 Å². The molecule has 1 saturated carbocycles. The van der Waals surface area contributed by atoms with Crippen molar-refractivity contribution >= 4 is 23.2 Å². The van der Waals surface area contributed by atoms with E-state index in [9.17, 15) is 5.11 Å². The Labute approximate surface area is 113 Å². The van der Waals surface area contributed by atoms with E-state index in [2.05, 4.69) is 0 Å². The van der Waals surface area contributed by atoms with Crippen LogP contribution in [0.1, 0.15) is 37.7 Å². The van der Waals surface area contributed by atoms with E-state index >= 15 is 0 Å². The highest BCUT2D eigenvalue weighted by Gasteiger charge is 2.21. The summed E-state index contributed by atoms with van der Waals surface area (Å²) >= 11 is 11.8. The standard InChI is InChI=1S/C14H18Cl2O/c15-12-7-6-10(8-13(12)16)9-14(17)11-4-2-1-3-5-11/h6-8,11,14,17H,1-5,9H2. The van der Waals surface area contributed by atoms with Crippen LogP contribution in [0.5, 0.6) is 0 Å². The molecule has 0 heterocycles. The quantitative estimate of drug-likeness (QED) is 0.861. The van der Waals surface area contributed by atoms with Crippen molar-refractivity contribution in [2.24, 2.45) is 5.92 Å². The van der Waals surface area contributed by atoms with E-state index in [1.807, 2.05) is 12.1 Å². The smallest absolute Gasteiger partial charge is 0.0608 e. The topological polar surface area (TPSA) is 20.2 Å². The molecule has 1 aliphatic carbocycles. The first-order valence-corrected chi connectivity index (χ1v) is 7.04. The second-order valence-electron chi connectivity index (χ2n) is 4.92. The summed E-state index contributed by atoms with van der Waals surface area (Å²) < 4.78 is 0. The molecule has 0 aromatic heterocycles. The molecule has 3 heteroatoms. The van der Waals surface area contributed by atoms with Gasteiger partial charge in [0.1, 0.15) is 0 Å². The minimum atomic E-state index is -0.243. The summed E-state index contributed by atoms with van der Waals surface area (Å²) in [5.41, 5.74) is 1.07. The van der Waals surface area contributed by atoms with Crippen LogP contribution in [-0.2, 0) is 6.42 Å². The zero-order chi connectivity index (χ0) is 12.3. The van der Waals surface area contributed by atoms with Crippen molar-refractivity contribution < 1.29 is 5.11 Å². The van der Waals surface area contributed by atoms with Crippen molar-refractivity contribution in [3.8, 4) is 0 Å². The molecule has 94 valence electrons. The lowest BCUT2D eigenvalue weighted by atomic mass is 9.83. The van der Waals surface area contributed by atoms with E-state index < -0.39 is 0 Å². The number of aliphatic hydroxyl groups excluding tert-OH is 1. The van der Waals surface area contributed by atoms with Gasteiger partial charge in [0.05, 0.1) is 16.1 Å². The van der Waals surface area contributed by atoms with Crippen molar-refractivity contribution in [1.82, 2.24) is 0 Å². The molecular weight excluding hydrogens is 255 g/mol. The zero-order valence-corrected chi connectivity index (χ0v) is 11.3. The molecule has 1 atom stereocenters. The fourth-order valence-corrected chi connectivity index (χ4v) is 2.91. The van der Waals surface area contributed by atoms with Crippen molar-refractivity contribution in [3.05, 3.63) is 33.8 Å². The normalized spacial score (nSPS) is 19.2. The third kappa shape index (κ3) is 3.61. The molecule has 0 aliphatic heterocycles. The summed E-state index contributed by atoms with van der Waals surface area (Å²) in [5, 5.41) is 11.4. The SMILES string of the molecule is OC(Cc1ccc(Cl)c(Cl)c1)C1CCCCC1. The monoisotopic (exact) mass is 272 g/mol. The van der Waals surface area contributed by atoms with Crippen LogP contribution in [0.3, 0.4) is 0 Å². The number of aliphatic hydroxyl groups is 1. The van der Waals surface area contributed by atoms with Crippen molar-refractivity contribution in [3.63, 3.8) is 0 Å². The van der Waals surface area contributed by atoms with Crippen LogP contribution in [0.4, 0.5) is 0 Å². The number of rotatable bonds is 3. The Morgan fingerprint density at radius 2 is 1.82 bits per heavy atom. The van der Waals surface area contributed by atoms with E-state index in [4.69, 9.17) is 23.2 Å². The Bertz CT molecular complexity index is 372. The lowest BCUT2D eigenvalue weighted by Crippen LogP contribution is -2.24. The van der Waals surface area contributed by atoms with Crippen LogP contribution >= 0.6 is 23.2 Å². The molecule has 0 bridgehead atoms. The lowest BCUT2D eigenvalue weighted by molar-refractivity contribution is 0.0851. The average Bonchev–Trinajstić information content (AvgIpc) is 2.35. The van der Waals surface area contributed by atoms with Crippen LogP contribution in [0.2, 0.25) is 10.0 Å². The second-order valence-corrected chi connectivity index (χ2v) is 5.73. The van der Waals surface area contributed by atoms with Gasteiger partial charge in [0.2, 0.25) is 0 Å². The molecular formula is C14H18Cl2O. The molecule has 1 aliphatic rings. The number of hydrogen-bond donors (Lipinski definition) is 1. The Kier molecular flexibility index (Phi) is 4.72. The van der Waals surface area contributed by atoms with Crippen LogP contribution in [-0.4, -0.2) is 11.2 Å². The molecule has 1 fully saturated rings. The van der Waals surface area contributed by atoms with Gasteiger partial charge in [-0.05, 0) is 42.9 Å². The first-order valence-electron chi connectivity index (χ1n) is 6.29. The van der Waals surface area contributed by atoms with Gasteiger partial charge in [-0.1, -0.05) is 48.5 Å². The predicted octanol–water partition coefficient (Wildman–Crippen LogP) is 4.48. The van der Waals surface area contributed by atoms with E-state index in [0.717, 1.165) is 18.4 Å². The number of hydrogen-bond acceptors (Lipinski definition) is 1. The first-order chi connectivity index (χ1) is 8.16. The van der Waals surface area contributed by atoms with E-state index in [-0.39, 0.29) is 6.10 Å². The highest BCUT2D eigenvalue weighted by atomic mass is 35.5. The van der Waals surface area contributed by atoms with Gasteiger partial charge in [-0.3, -0.25) is 0 Å². The van der Waals surface area contributed by atoms with E-state index in [1.54, 1.807) is 6.07 Å². The minimum Gasteiger partial charge on any atom is -0.392 e. The lowest BCUT2D eigenvalue weighted by Gasteiger charge is -2.26. The Morgan fingerprint density at radius 3 is 2.47 bits per heavy atom. The van der Waals surface area contributed by atoms with Crippen LogP contribution in [0.25, 0.3) is 0 Å². The first kappa shape index (κ1) is 13.2.